The van der Waals surface area contributed by atoms with Gasteiger partial charge in [0.2, 0.25) is 0 Å². The second-order valence-corrected chi connectivity index (χ2v) is 27.8. The molecule has 504 valence electrons. The highest BCUT2D eigenvalue weighted by Crippen LogP contribution is 2.43. The predicted octanol–water partition coefficient (Wildman–Crippen LogP) is 17.0. The Bertz CT molecular complexity index is 4690. The number of aliphatic hydroxyl groups is 2. The molecule has 11 N–H and O–H groups in total. The molecule has 11 aromatic heterocycles. The fourth-order valence-electron chi connectivity index (χ4n) is 9.79. The molecule has 0 aliphatic heterocycles. The van der Waals surface area contributed by atoms with E-state index < -0.39 is 24.0 Å². The first kappa shape index (κ1) is 65.7. The molecule has 4 aliphatic carbocycles. The van der Waals surface area contributed by atoms with E-state index in [9.17, 15) is 19.4 Å². The number of aliphatic hydroxyl groups excluding tert-OH is 2. The van der Waals surface area contributed by atoms with Gasteiger partial charge >= 0.3 is 5.97 Å². The van der Waals surface area contributed by atoms with Crippen molar-refractivity contribution in [3.05, 3.63) is 174 Å². The number of carbonyl (C=O) groups is 1. The Morgan fingerprint density at radius 1 is 0.567 bits per heavy atom. The highest BCUT2D eigenvalue weighted by atomic mass is 35.5. The number of aryl methyl sites for hydroxylation is 1. The third-order valence-corrected chi connectivity index (χ3v) is 19.8. The highest BCUT2D eigenvalue weighted by Gasteiger charge is 2.29. The van der Waals surface area contributed by atoms with Crippen LogP contribution in [-0.4, -0.2) is 102 Å². The van der Waals surface area contributed by atoms with E-state index in [4.69, 9.17) is 33.6 Å². The lowest BCUT2D eigenvalue weighted by Crippen LogP contribution is -2.00. The van der Waals surface area contributed by atoms with Gasteiger partial charge in [0.05, 0.1) is 63.5 Å². The van der Waals surface area contributed by atoms with Gasteiger partial charge in [-0.25, -0.2) is 49.1 Å². The van der Waals surface area contributed by atoms with E-state index in [-0.39, 0.29) is 18.5 Å². The lowest BCUT2D eigenvalue weighted by molar-refractivity contribution is 0.0696. The van der Waals surface area contributed by atoms with E-state index in [0.717, 1.165) is 82.6 Å². The molecular weight excluding hydrogens is 1340 g/mol. The van der Waals surface area contributed by atoms with Crippen molar-refractivity contribution >= 4 is 110 Å². The van der Waals surface area contributed by atoms with Gasteiger partial charge in [0.1, 0.15) is 15.9 Å². The van der Waals surface area contributed by atoms with Gasteiger partial charge in [-0.1, -0.05) is 35.3 Å². The summed E-state index contributed by atoms with van der Waals surface area (Å²) in [6.45, 7) is 5.42. The second-order valence-electron chi connectivity index (χ2n) is 23.6. The Morgan fingerprint density at radius 3 is 1.42 bits per heavy atom. The molecule has 16 rings (SSSR count). The number of halogens is 3. The van der Waals surface area contributed by atoms with Crippen LogP contribution in [0.4, 0.5) is 50.9 Å². The summed E-state index contributed by atoms with van der Waals surface area (Å²) in [4.78, 5) is 51.2. The van der Waals surface area contributed by atoms with Crippen LogP contribution in [0.5, 0.6) is 0 Å². The SMILES string of the molecule is C[C@@H](O)c1ccc(-c2ncc(F)c(Nc3cc(C4CC4)[nH]n3)n2)s1.Cc1cnc(-c2ccc([C@@H](C)O)s2)nc1Nc1cc(C2CC2)[nH]n1.N#CCc1ccc(-c2ncc(Cl)c(Nc3cc(C4CC4)[nH]n3)n2)s1.O=C(O)c1cccc(-c2ncc(Cl)c(Nc3cc(C4CC4)[nH]n3)n2)c1.[HH].[HH].[HH].[HH].[HH]. The Balaban J connectivity index is 0.000000170. The van der Waals surface area contributed by atoms with Gasteiger partial charge < -0.3 is 36.6 Å². The Hall–Kier alpha value is -9.93. The predicted molar refractivity (Wildman–Crippen MR) is 382 cm³/mol. The van der Waals surface area contributed by atoms with E-state index in [1.54, 1.807) is 38.4 Å². The maximum atomic E-state index is 14.0. The summed E-state index contributed by atoms with van der Waals surface area (Å²) in [7, 11) is 0. The normalized spacial score (nSPS) is 14.5. The molecule has 25 nitrogen and oxygen atoms in total. The van der Waals surface area contributed by atoms with Crippen molar-refractivity contribution in [1.29, 1.82) is 5.26 Å². The first-order valence-corrected chi connectivity index (χ1v) is 34.3. The largest absolute Gasteiger partial charge is 0.478 e. The van der Waals surface area contributed by atoms with E-state index in [1.165, 1.54) is 96.6 Å². The van der Waals surface area contributed by atoms with Gasteiger partial charge in [-0.15, -0.1) is 34.0 Å². The molecule has 31 heteroatoms. The molecule has 0 bridgehead atoms. The molecule has 0 saturated heterocycles. The van der Waals surface area contributed by atoms with Gasteiger partial charge in [0.25, 0.3) is 0 Å². The van der Waals surface area contributed by atoms with Gasteiger partial charge in [0, 0.05) is 110 Å². The summed E-state index contributed by atoms with van der Waals surface area (Å²) in [6, 6.07) is 27.8. The number of aromatic carboxylic acids is 1. The number of nitrogens with zero attached hydrogens (tertiary/aromatic N) is 13. The fraction of sp³-hybridized carbons (Fsp3) is 0.273. The van der Waals surface area contributed by atoms with Crippen molar-refractivity contribution in [1.82, 2.24) is 80.7 Å². The van der Waals surface area contributed by atoms with Crippen molar-refractivity contribution in [3.8, 4) is 49.6 Å². The number of hydrogen-bond acceptors (Lipinski definition) is 23. The number of aromatic amines is 4. The summed E-state index contributed by atoms with van der Waals surface area (Å²) in [6.07, 6.45) is 15.0. The van der Waals surface area contributed by atoms with Crippen molar-refractivity contribution in [2.75, 3.05) is 21.3 Å². The number of aromatic nitrogens is 16. The standard InChI is InChI=1S/C17H14ClN5O2.C17H19N5OS.C16H13ClN6S.C16H16FN5OS.5H2/c18-12-8-19-15(10-2-1-3-11(6-10)17(24)25)21-16(12)20-14-7-13(22-23-14)9-4-5-9;1-9-8-18-17(14-6-5-13(24-14)10(2)23)20-16(9)19-15-7-12(21-22-15)11-3-4-11;17-11-8-19-16(13-4-3-10(24-13)5-6-18)21-15(11)20-14-7-12(22-23-14)9-1-2-9;1-8(23)12-4-5-13(24-12)16-18-7-10(17)15(20-16)19-14-6-11(21-22-14)9-2-3-9;;;;;/h1-3,6-9H,4-5H2,(H,24,25)(H2,19,20,21,22,23);5-8,10-11,23H,3-4H2,1-2H3,(H2,18,19,20,21,22);3-4,7-9H,1-2,5H2,(H2,19,20,21,22,23);4-9,23H,2-3H2,1H3,(H2,18,19,20,21,22);5*1H/t;10-;;8-;;;;;/m.1.1...../s1. The van der Waals surface area contributed by atoms with Crippen LogP contribution < -0.4 is 21.3 Å². The van der Waals surface area contributed by atoms with Gasteiger partial charge in [-0.05, 0) is 121 Å². The molecule has 0 spiro atoms. The zero-order chi connectivity index (χ0) is 67.3. The molecule has 4 fully saturated rings. The van der Waals surface area contributed by atoms with E-state index >= 15 is 0 Å². The minimum Gasteiger partial charge on any atom is -0.478 e. The molecule has 97 heavy (non-hydrogen) atoms. The number of H-pyrrole nitrogens is 4. The summed E-state index contributed by atoms with van der Waals surface area (Å²) < 4.78 is 14.0. The van der Waals surface area contributed by atoms with Crippen LogP contribution in [0, 0.1) is 24.1 Å². The van der Waals surface area contributed by atoms with Crippen LogP contribution in [-0.2, 0) is 6.42 Å². The topological polar surface area (TPSA) is 368 Å². The minimum atomic E-state index is -1.00. The second kappa shape index (κ2) is 29.2. The molecule has 0 amide bonds. The first-order chi connectivity index (χ1) is 47.0. The van der Waals surface area contributed by atoms with Crippen LogP contribution in [0.25, 0.3) is 43.5 Å². The minimum absolute atomic E-state index is 0. The molecule has 4 saturated carbocycles. The maximum Gasteiger partial charge on any atom is 0.335 e. The molecule has 4 aliphatic rings. The quantitative estimate of drug-likeness (QED) is 0.0338. The lowest BCUT2D eigenvalue weighted by Gasteiger charge is -2.07. The number of nitrogens with one attached hydrogen (secondary N) is 8. The number of carboxylic acids is 1. The fourth-order valence-corrected chi connectivity index (χ4v) is 12.7. The Labute approximate surface area is 583 Å². The van der Waals surface area contributed by atoms with Crippen LogP contribution in [0.1, 0.15) is 162 Å². The third-order valence-electron chi connectivity index (χ3n) is 15.7. The average Bonchev–Trinajstić information content (AvgIpc) is 1.34. The first-order valence-electron chi connectivity index (χ1n) is 31.1. The smallest absolute Gasteiger partial charge is 0.335 e. The van der Waals surface area contributed by atoms with Crippen molar-refractivity contribution in [3.63, 3.8) is 0 Å². The summed E-state index contributed by atoms with van der Waals surface area (Å²) in [5.41, 5.74) is 6.22. The van der Waals surface area contributed by atoms with E-state index in [0.29, 0.717) is 98.1 Å². The number of carboxylic acid groups (broad SMARTS) is 1. The van der Waals surface area contributed by atoms with Gasteiger partial charge in [0.15, 0.2) is 69.8 Å². The van der Waals surface area contributed by atoms with E-state index in [1.807, 2.05) is 61.5 Å². The molecular formula is C66H72Cl2FN21O4S3. The number of nitriles is 1. The van der Waals surface area contributed by atoms with Crippen LogP contribution >= 0.6 is 57.2 Å². The maximum absolute atomic E-state index is 14.0. The van der Waals surface area contributed by atoms with Crippen molar-refractivity contribution in [2.24, 2.45) is 0 Å². The highest BCUT2D eigenvalue weighted by molar-refractivity contribution is 7.16. The summed E-state index contributed by atoms with van der Waals surface area (Å²) in [5.74, 6) is 7.25. The van der Waals surface area contributed by atoms with Crippen LogP contribution in [0.3, 0.4) is 0 Å². The van der Waals surface area contributed by atoms with E-state index in [2.05, 4.69) is 114 Å². The third kappa shape index (κ3) is 16.8. The zero-order valence-electron chi connectivity index (χ0n) is 52.1. The molecule has 2 atom stereocenters. The molecule has 1 aromatic carbocycles. The molecule has 11 heterocycles. The van der Waals surface area contributed by atoms with Crippen molar-refractivity contribution in [2.45, 2.75) is 114 Å². The van der Waals surface area contributed by atoms with Crippen molar-refractivity contribution < 1.29 is 31.6 Å². The number of thiophene rings is 3. The Morgan fingerprint density at radius 2 is 0.969 bits per heavy atom. The molecule has 12 aromatic rings. The monoisotopic (exact) mass is 1410 g/mol. The lowest BCUT2D eigenvalue weighted by atomic mass is 10.1. The number of hydrogen-bond donors (Lipinski definition) is 11. The molecule has 0 radical (unpaired) electrons. The number of rotatable bonds is 20. The summed E-state index contributed by atoms with van der Waals surface area (Å²) >= 11 is 16.8. The zero-order valence-corrected chi connectivity index (χ0v) is 56.1. The summed E-state index contributed by atoms with van der Waals surface area (Å²) in [5, 5.41) is 79.4. The number of anilines is 8. The van der Waals surface area contributed by atoms with Gasteiger partial charge in [-0.3, -0.25) is 20.4 Å². The number of benzene rings is 1. The Kier molecular flexibility index (Phi) is 19.8. The van der Waals surface area contributed by atoms with Crippen LogP contribution in [0.15, 0.2) is 110 Å². The average molecular weight is 1410 g/mol. The molecule has 0 unspecified atom stereocenters. The van der Waals surface area contributed by atoms with Crippen LogP contribution in [0.2, 0.25) is 10.0 Å². The van der Waals surface area contributed by atoms with Gasteiger partial charge in [-0.2, -0.15) is 25.7 Å².